The van der Waals surface area contributed by atoms with Gasteiger partial charge < -0.3 is 10.2 Å². The van der Waals surface area contributed by atoms with Crippen molar-refractivity contribution < 1.29 is 0 Å². The summed E-state index contributed by atoms with van der Waals surface area (Å²) >= 11 is 0. The molecule has 0 fully saturated rings. The van der Waals surface area contributed by atoms with Crippen molar-refractivity contribution in [2.24, 2.45) is 0 Å². The largest absolute Gasteiger partial charge is 0.326 e. The van der Waals surface area contributed by atoms with Crippen molar-refractivity contribution >= 4 is 23.1 Å². The molecule has 1 aliphatic heterocycles. The first-order valence-electron chi connectivity index (χ1n) is 8.24. The van der Waals surface area contributed by atoms with Gasteiger partial charge >= 0.3 is 0 Å². The molecule has 3 aromatic rings. The van der Waals surface area contributed by atoms with E-state index in [1.807, 2.05) is 18.3 Å². The van der Waals surface area contributed by atoms with Crippen molar-refractivity contribution in [1.82, 2.24) is 9.97 Å². The third-order valence-corrected chi connectivity index (χ3v) is 4.66. The minimum absolute atomic E-state index is 0.630. The first-order chi connectivity index (χ1) is 11.7. The van der Waals surface area contributed by atoms with Gasteiger partial charge in [-0.1, -0.05) is 30.3 Å². The van der Waals surface area contributed by atoms with Gasteiger partial charge in [-0.2, -0.15) is 4.98 Å². The Bertz CT molecular complexity index is 888. The van der Waals surface area contributed by atoms with Gasteiger partial charge in [-0.25, -0.2) is 4.98 Å². The van der Waals surface area contributed by atoms with Crippen LogP contribution in [0.15, 0.2) is 54.7 Å². The number of fused-ring (bicyclic) bond motifs is 1. The van der Waals surface area contributed by atoms with Crippen LogP contribution in [-0.4, -0.2) is 16.5 Å². The lowest BCUT2D eigenvalue weighted by atomic mass is 10.1. The molecular weight excluding hydrogens is 296 g/mol. The van der Waals surface area contributed by atoms with Crippen LogP contribution in [0, 0.1) is 13.8 Å². The predicted molar refractivity (Wildman–Crippen MR) is 98.4 cm³/mol. The Morgan fingerprint density at radius 1 is 1.00 bits per heavy atom. The fraction of sp³-hybridized carbons (Fsp3) is 0.200. The van der Waals surface area contributed by atoms with E-state index in [0.717, 1.165) is 24.5 Å². The van der Waals surface area contributed by atoms with Crippen LogP contribution in [0.4, 0.5) is 23.1 Å². The van der Waals surface area contributed by atoms with Crippen molar-refractivity contribution in [2.45, 2.75) is 20.3 Å². The molecule has 0 aliphatic carbocycles. The van der Waals surface area contributed by atoms with Crippen molar-refractivity contribution in [3.8, 4) is 0 Å². The molecule has 0 amide bonds. The van der Waals surface area contributed by atoms with E-state index in [2.05, 4.69) is 65.4 Å². The lowest BCUT2D eigenvalue weighted by Crippen LogP contribution is -2.15. The normalized spacial score (nSPS) is 13.0. The van der Waals surface area contributed by atoms with Crippen LogP contribution in [0.5, 0.6) is 0 Å². The van der Waals surface area contributed by atoms with Crippen LogP contribution in [0.1, 0.15) is 16.7 Å². The summed E-state index contributed by atoms with van der Waals surface area (Å²) in [5.74, 6) is 1.56. The van der Waals surface area contributed by atoms with Gasteiger partial charge in [-0.05, 0) is 55.2 Å². The highest BCUT2D eigenvalue weighted by Gasteiger charge is 2.21. The summed E-state index contributed by atoms with van der Waals surface area (Å²) < 4.78 is 0. The fourth-order valence-electron chi connectivity index (χ4n) is 3.14. The Kier molecular flexibility index (Phi) is 3.65. The quantitative estimate of drug-likeness (QED) is 0.770. The molecule has 0 spiro atoms. The number of aryl methyl sites for hydroxylation is 1. The molecule has 0 atom stereocenters. The van der Waals surface area contributed by atoms with Crippen molar-refractivity contribution in [1.29, 1.82) is 0 Å². The van der Waals surface area contributed by atoms with Gasteiger partial charge in [0.2, 0.25) is 5.95 Å². The second-order valence-electron chi connectivity index (χ2n) is 6.14. The molecule has 1 aliphatic rings. The minimum Gasteiger partial charge on any atom is -0.326 e. The van der Waals surface area contributed by atoms with Gasteiger partial charge in [0.05, 0.1) is 0 Å². The average molecular weight is 316 g/mol. The number of nitrogens with zero attached hydrogens (tertiary/aromatic N) is 3. The van der Waals surface area contributed by atoms with E-state index in [-0.39, 0.29) is 0 Å². The van der Waals surface area contributed by atoms with Crippen molar-refractivity contribution in [3.05, 3.63) is 71.4 Å². The summed E-state index contributed by atoms with van der Waals surface area (Å²) in [6, 6.07) is 16.7. The zero-order chi connectivity index (χ0) is 16.5. The number of anilines is 4. The highest BCUT2D eigenvalue weighted by Crippen LogP contribution is 2.33. The molecule has 0 unspecified atom stereocenters. The van der Waals surface area contributed by atoms with Crippen molar-refractivity contribution in [3.63, 3.8) is 0 Å². The van der Waals surface area contributed by atoms with E-state index in [1.54, 1.807) is 0 Å². The van der Waals surface area contributed by atoms with Crippen LogP contribution in [0.3, 0.4) is 0 Å². The van der Waals surface area contributed by atoms with E-state index in [4.69, 9.17) is 4.98 Å². The Labute approximate surface area is 142 Å². The maximum absolute atomic E-state index is 4.72. The maximum Gasteiger partial charge on any atom is 0.229 e. The predicted octanol–water partition coefficient (Wildman–Crippen LogP) is 4.53. The Morgan fingerprint density at radius 3 is 2.79 bits per heavy atom. The van der Waals surface area contributed by atoms with Gasteiger partial charge in [-0.3, -0.25) is 0 Å². The third-order valence-electron chi connectivity index (χ3n) is 4.66. The average Bonchev–Trinajstić information content (AvgIpc) is 3.03. The summed E-state index contributed by atoms with van der Waals surface area (Å²) in [5, 5.41) is 3.35. The Morgan fingerprint density at radius 2 is 1.88 bits per heavy atom. The molecule has 0 saturated carbocycles. The second-order valence-corrected chi connectivity index (χ2v) is 6.14. The summed E-state index contributed by atoms with van der Waals surface area (Å²) in [6.07, 6.45) is 2.87. The lowest BCUT2D eigenvalue weighted by molar-refractivity contribution is 0.966. The lowest BCUT2D eigenvalue weighted by Gasteiger charge is -2.19. The third kappa shape index (κ3) is 2.60. The molecule has 0 radical (unpaired) electrons. The van der Waals surface area contributed by atoms with Gasteiger partial charge in [-0.15, -0.1) is 0 Å². The van der Waals surface area contributed by atoms with Crippen LogP contribution < -0.4 is 10.2 Å². The van der Waals surface area contributed by atoms with Gasteiger partial charge in [0.25, 0.3) is 0 Å². The van der Waals surface area contributed by atoms with Crippen LogP contribution in [0.25, 0.3) is 0 Å². The number of nitrogens with one attached hydrogen (secondary N) is 1. The van der Waals surface area contributed by atoms with Gasteiger partial charge in [0, 0.05) is 24.1 Å². The molecule has 4 nitrogen and oxygen atoms in total. The van der Waals surface area contributed by atoms with Gasteiger partial charge in [0.15, 0.2) is 0 Å². The first kappa shape index (κ1) is 14.7. The van der Waals surface area contributed by atoms with Crippen molar-refractivity contribution in [2.75, 3.05) is 16.8 Å². The second kappa shape index (κ2) is 5.96. The monoisotopic (exact) mass is 316 g/mol. The number of hydrogen-bond donors (Lipinski definition) is 1. The molecule has 4 heteroatoms. The van der Waals surface area contributed by atoms with E-state index >= 15 is 0 Å². The molecule has 2 aromatic carbocycles. The SMILES string of the molecule is Cc1cccc(Nc2nccc(N3CCc4ccccc43)n2)c1C. The molecule has 2 heterocycles. The molecule has 1 N–H and O–H groups in total. The highest BCUT2D eigenvalue weighted by molar-refractivity contribution is 5.68. The molecule has 4 rings (SSSR count). The van der Waals surface area contributed by atoms with E-state index in [1.165, 1.54) is 22.4 Å². The zero-order valence-electron chi connectivity index (χ0n) is 14.0. The smallest absolute Gasteiger partial charge is 0.229 e. The van der Waals surface area contributed by atoms with E-state index < -0.39 is 0 Å². The van der Waals surface area contributed by atoms with Crippen LogP contribution in [-0.2, 0) is 6.42 Å². The minimum atomic E-state index is 0.630. The van der Waals surface area contributed by atoms with Crippen LogP contribution in [0.2, 0.25) is 0 Å². The number of aromatic nitrogens is 2. The van der Waals surface area contributed by atoms with Gasteiger partial charge in [0.1, 0.15) is 5.82 Å². The van der Waals surface area contributed by atoms with Crippen LogP contribution >= 0.6 is 0 Å². The topological polar surface area (TPSA) is 41.1 Å². The zero-order valence-corrected chi connectivity index (χ0v) is 14.0. The molecule has 0 bridgehead atoms. The Balaban J connectivity index is 1.64. The standard InChI is InChI=1S/C20H20N4/c1-14-6-5-8-17(15(14)2)22-20-21-12-10-19(23-20)24-13-11-16-7-3-4-9-18(16)24/h3-10,12H,11,13H2,1-2H3,(H,21,22,23). The Hall–Kier alpha value is -2.88. The number of para-hydroxylation sites is 1. The summed E-state index contributed by atoms with van der Waals surface area (Å²) in [5.41, 5.74) is 6.14. The number of hydrogen-bond acceptors (Lipinski definition) is 4. The summed E-state index contributed by atoms with van der Waals surface area (Å²) in [6.45, 7) is 5.18. The van der Waals surface area contributed by atoms with E-state index in [0.29, 0.717) is 5.95 Å². The summed E-state index contributed by atoms with van der Waals surface area (Å²) in [4.78, 5) is 11.4. The molecule has 1 aromatic heterocycles. The molecular formula is C20H20N4. The first-order valence-corrected chi connectivity index (χ1v) is 8.24. The fourth-order valence-corrected chi connectivity index (χ4v) is 3.14. The molecule has 24 heavy (non-hydrogen) atoms. The summed E-state index contributed by atoms with van der Waals surface area (Å²) in [7, 11) is 0. The number of rotatable bonds is 3. The maximum atomic E-state index is 4.72. The van der Waals surface area contributed by atoms with E-state index in [9.17, 15) is 0 Å². The molecule has 120 valence electrons. The molecule has 0 saturated heterocycles. The highest BCUT2D eigenvalue weighted by atomic mass is 15.2. The number of benzene rings is 2.